The smallest absolute Gasteiger partial charge is 0.205 e. The van der Waals surface area contributed by atoms with Crippen LogP contribution in [0, 0.1) is 11.3 Å². The molecule has 4 rings (SSSR count). The first kappa shape index (κ1) is 17.7. The third kappa shape index (κ3) is 2.90. The SMILES string of the molecule is N#Cc1c(N)nc2sc(C(=O)c3ccc(Br)cc3)c(N)c2c1-c1cccs1. The number of carbonyl (C=O) groups excluding carboxylic acids is 1. The number of hydrogen-bond acceptors (Lipinski definition) is 7. The van der Waals surface area contributed by atoms with Crippen molar-refractivity contribution in [3.05, 3.63) is 62.3 Å². The summed E-state index contributed by atoms with van der Waals surface area (Å²) in [4.78, 5) is 19.1. The Balaban J connectivity index is 2.00. The van der Waals surface area contributed by atoms with Gasteiger partial charge in [0.1, 0.15) is 27.2 Å². The van der Waals surface area contributed by atoms with Crippen molar-refractivity contribution in [3.63, 3.8) is 0 Å². The van der Waals surface area contributed by atoms with Gasteiger partial charge in [-0.05, 0) is 35.7 Å². The molecule has 0 atom stereocenters. The highest BCUT2D eigenvalue weighted by molar-refractivity contribution is 9.10. The molecule has 0 radical (unpaired) electrons. The van der Waals surface area contributed by atoms with Gasteiger partial charge < -0.3 is 11.5 Å². The first-order chi connectivity index (χ1) is 13.0. The second-order valence-corrected chi connectivity index (χ2v) is 8.56. The van der Waals surface area contributed by atoms with E-state index in [1.54, 1.807) is 24.3 Å². The molecule has 3 heterocycles. The minimum Gasteiger partial charge on any atom is -0.397 e. The fourth-order valence-corrected chi connectivity index (χ4v) is 4.97. The Morgan fingerprint density at radius 3 is 2.56 bits per heavy atom. The van der Waals surface area contributed by atoms with Crippen LogP contribution in [-0.2, 0) is 0 Å². The highest BCUT2D eigenvalue weighted by atomic mass is 79.9. The number of fused-ring (bicyclic) bond motifs is 1. The van der Waals surface area contributed by atoms with Crippen molar-refractivity contribution >= 4 is 66.1 Å². The zero-order chi connectivity index (χ0) is 19.1. The van der Waals surface area contributed by atoms with E-state index in [9.17, 15) is 10.1 Å². The summed E-state index contributed by atoms with van der Waals surface area (Å²) in [5.41, 5.74) is 14.2. The molecule has 0 aliphatic heterocycles. The lowest BCUT2D eigenvalue weighted by atomic mass is 10.0. The van der Waals surface area contributed by atoms with Gasteiger partial charge in [0.25, 0.3) is 0 Å². The summed E-state index contributed by atoms with van der Waals surface area (Å²) in [5, 5.41) is 12.1. The maximum atomic E-state index is 13.0. The van der Waals surface area contributed by atoms with Crippen molar-refractivity contribution in [2.75, 3.05) is 11.5 Å². The molecule has 1 aromatic carbocycles. The summed E-state index contributed by atoms with van der Waals surface area (Å²) in [7, 11) is 0. The number of nitrogens with two attached hydrogens (primary N) is 2. The number of ketones is 1. The Hall–Kier alpha value is -2.73. The van der Waals surface area contributed by atoms with Crippen LogP contribution in [0.25, 0.3) is 20.7 Å². The summed E-state index contributed by atoms with van der Waals surface area (Å²) >= 11 is 6.03. The molecule has 0 spiro atoms. The van der Waals surface area contributed by atoms with E-state index < -0.39 is 0 Å². The molecule has 132 valence electrons. The predicted octanol–water partition coefficient (Wildman–Crippen LogP) is 5.05. The Morgan fingerprint density at radius 1 is 1.19 bits per heavy atom. The van der Waals surface area contributed by atoms with Gasteiger partial charge in [-0.25, -0.2) is 4.98 Å². The molecule has 0 saturated heterocycles. The number of hydrogen-bond donors (Lipinski definition) is 2. The van der Waals surface area contributed by atoms with Gasteiger partial charge in [0.15, 0.2) is 0 Å². The molecule has 0 aliphatic carbocycles. The third-order valence-corrected chi connectivity index (χ3v) is 6.61. The molecule has 5 nitrogen and oxygen atoms in total. The van der Waals surface area contributed by atoms with E-state index in [4.69, 9.17) is 11.5 Å². The number of halogens is 1. The standard InChI is InChI=1S/C19H11BrN4OS2/c20-10-5-3-9(4-6-10)16(25)17-15(22)14-13(12-2-1-7-26-12)11(8-21)18(23)24-19(14)27-17/h1-7H,22H2,(H2,23,24). The first-order valence-electron chi connectivity index (χ1n) is 7.77. The molecule has 4 N–H and O–H groups in total. The Morgan fingerprint density at radius 2 is 1.93 bits per heavy atom. The highest BCUT2D eigenvalue weighted by Gasteiger charge is 2.25. The quantitative estimate of drug-likeness (QED) is 0.421. The molecule has 0 amide bonds. The topological polar surface area (TPSA) is 106 Å². The van der Waals surface area contributed by atoms with Crippen molar-refractivity contribution in [2.24, 2.45) is 0 Å². The molecule has 0 saturated carbocycles. The lowest BCUT2D eigenvalue weighted by Crippen LogP contribution is -2.02. The van der Waals surface area contributed by atoms with E-state index in [0.717, 1.165) is 9.35 Å². The minimum atomic E-state index is -0.183. The van der Waals surface area contributed by atoms with Crippen LogP contribution in [0.3, 0.4) is 0 Å². The second-order valence-electron chi connectivity index (χ2n) is 5.70. The molecule has 8 heteroatoms. The van der Waals surface area contributed by atoms with Crippen LogP contribution < -0.4 is 11.5 Å². The number of nitriles is 1. The number of aromatic nitrogens is 1. The molecule has 0 fully saturated rings. The third-order valence-electron chi connectivity index (χ3n) is 4.10. The number of thiophene rings is 2. The molecule has 27 heavy (non-hydrogen) atoms. The summed E-state index contributed by atoms with van der Waals surface area (Å²) in [6, 6.07) is 13.0. The van der Waals surface area contributed by atoms with Gasteiger partial charge in [-0.1, -0.05) is 22.0 Å². The molecule has 3 aromatic heterocycles. The van der Waals surface area contributed by atoms with Crippen LogP contribution in [0.1, 0.15) is 20.8 Å². The van der Waals surface area contributed by atoms with Crippen LogP contribution in [-0.4, -0.2) is 10.8 Å². The number of anilines is 2. The summed E-state index contributed by atoms with van der Waals surface area (Å²) in [6.07, 6.45) is 0. The predicted molar refractivity (Wildman–Crippen MR) is 114 cm³/mol. The van der Waals surface area contributed by atoms with Crippen LogP contribution in [0.2, 0.25) is 0 Å². The number of pyridine rings is 1. The van der Waals surface area contributed by atoms with Crippen LogP contribution in [0.4, 0.5) is 11.5 Å². The maximum absolute atomic E-state index is 13.0. The summed E-state index contributed by atoms with van der Waals surface area (Å²) < 4.78 is 0.886. The molecular formula is C19H11BrN4OS2. The van der Waals surface area contributed by atoms with Crippen molar-refractivity contribution in [1.82, 2.24) is 4.98 Å². The number of nitrogens with zero attached hydrogens (tertiary/aromatic N) is 2. The number of nitrogen functional groups attached to an aromatic ring is 2. The number of rotatable bonds is 3. The van der Waals surface area contributed by atoms with E-state index in [2.05, 4.69) is 27.0 Å². The van der Waals surface area contributed by atoms with E-state index in [1.165, 1.54) is 22.7 Å². The van der Waals surface area contributed by atoms with Crippen molar-refractivity contribution in [2.45, 2.75) is 0 Å². The highest BCUT2D eigenvalue weighted by Crippen LogP contribution is 2.44. The lowest BCUT2D eigenvalue weighted by molar-refractivity contribution is 0.104. The van der Waals surface area contributed by atoms with Gasteiger partial charge in [-0.15, -0.1) is 22.7 Å². The van der Waals surface area contributed by atoms with Gasteiger partial charge in [-0.2, -0.15) is 5.26 Å². The second kappa shape index (κ2) is 6.78. The molecule has 0 unspecified atom stereocenters. The van der Waals surface area contributed by atoms with Crippen molar-refractivity contribution in [3.8, 4) is 16.5 Å². The monoisotopic (exact) mass is 454 g/mol. The van der Waals surface area contributed by atoms with Gasteiger partial charge in [-0.3, -0.25) is 4.79 Å². The van der Waals surface area contributed by atoms with Gasteiger partial charge in [0.05, 0.1) is 5.69 Å². The summed E-state index contributed by atoms with van der Waals surface area (Å²) in [6.45, 7) is 0. The largest absolute Gasteiger partial charge is 0.397 e. The van der Waals surface area contributed by atoms with Gasteiger partial charge in [0.2, 0.25) is 5.78 Å². The van der Waals surface area contributed by atoms with E-state index in [1.807, 2.05) is 17.5 Å². The lowest BCUT2D eigenvalue weighted by Gasteiger charge is -2.07. The zero-order valence-electron chi connectivity index (χ0n) is 13.7. The average Bonchev–Trinajstić information content (AvgIpc) is 3.29. The normalized spacial score (nSPS) is 10.8. The molecule has 0 aliphatic rings. The maximum Gasteiger partial charge on any atom is 0.205 e. The van der Waals surface area contributed by atoms with E-state index in [-0.39, 0.29) is 17.2 Å². The fourth-order valence-electron chi connectivity index (χ4n) is 2.85. The van der Waals surface area contributed by atoms with Gasteiger partial charge >= 0.3 is 0 Å². The van der Waals surface area contributed by atoms with Gasteiger partial charge in [0, 0.05) is 25.9 Å². The fraction of sp³-hybridized carbons (Fsp3) is 0. The van der Waals surface area contributed by atoms with Crippen molar-refractivity contribution < 1.29 is 4.79 Å². The van der Waals surface area contributed by atoms with Crippen LogP contribution >= 0.6 is 38.6 Å². The Labute approximate surface area is 171 Å². The minimum absolute atomic E-state index is 0.136. The number of carbonyl (C=O) groups is 1. The first-order valence-corrected chi connectivity index (χ1v) is 10.3. The molecule has 0 bridgehead atoms. The number of benzene rings is 1. The van der Waals surface area contributed by atoms with E-state index in [0.29, 0.717) is 31.9 Å². The summed E-state index contributed by atoms with van der Waals surface area (Å²) in [5.74, 6) is -0.0468. The Bertz CT molecular complexity index is 1220. The Kier molecular flexibility index (Phi) is 4.44. The van der Waals surface area contributed by atoms with E-state index >= 15 is 0 Å². The average molecular weight is 455 g/mol. The molecular weight excluding hydrogens is 444 g/mol. The van der Waals surface area contributed by atoms with Crippen LogP contribution in [0.15, 0.2) is 46.3 Å². The molecule has 4 aromatic rings. The van der Waals surface area contributed by atoms with Crippen molar-refractivity contribution in [1.29, 1.82) is 5.26 Å². The van der Waals surface area contributed by atoms with Crippen LogP contribution in [0.5, 0.6) is 0 Å². The zero-order valence-corrected chi connectivity index (χ0v) is 16.9.